The lowest BCUT2D eigenvalue weighted by molar-refractivity contribution is -0.142. The van der Waals surface area contributed by atoms with Crippen LogP contribution in [0.5, 0.6) is 0 Å². The minimum atomic E-state index is -0.998. The average molecular weight is 171 g/mol. The van der Waals surface area contributed by atoms with Crippen LogP contribution >= 0.6 is 0 Å². The van der Waals surface area contributed by atoms with E-state index in [-0.39, 0.29) is 13.2 Å². The average Bonchev–Trinajstić information content (AvgIpc) is 2.35. The smallest absolute Gasteiger partial charge is 0.329 e. The molecule has 0 bridgehead atoms. The summed E-state index contributed by atoms with van der Waals surface area (Å²) in [6, 6.07) is 0. The summed E-state index contributed by atoms with van der Waals surface area (Å²) in [4.78, 5) is 13.9. The van der Waals surface area contributed by atoms with Gasteiger partial charge in [-0.1, -0.05) is 0 Å². The molecule has 0 spiro atoms. The van der Waals surface area contributed by atoms with Crippen LogP contribution in [0.4, 0.5) is 0 Å². The number of aromatic amines is 1. The highest BCUT2D eigenvalue weighted by atomic mass is 16.5. The first-order chi connectivity index (χ1) is 5.68. The van der Waals surface area contributed by atoms with E-state index < -0.39 is 5.97 Å². The number of nitrogens with zero attached hydrogens (tertiary/aromatic N) is 2. The number of carboxylic acid groups (broad SMARTS) is 1. The van der Waals surface area contributed by atoms with Crippen molar-refractivity contribution in [2.45, 2.75) is 13.5 Å². The van der Waals surface area contributed by atoms with Crippen LogP contribution in [-0.2, 0) is 16.1 Å². The van der Waals surface area contributed by atoms with E-state index in [1.807, 2.05) is 0 Å². The molecule has 1 rings (SSSR count). The van der Waals surface area contributed by atoms with Crippen LogP contribution in [0.15, 0.2) is 0 Å². The van der Waals surface area contributed by atoms with E-state index in [0.717, 1.165) is 0 Å². The fourth-order valence-corrected chi connectivity index (χ4v) is 0.683. The van der Waals surface area contributed by atoms with E-state index in [1.54, 1.807) is 6.92 Å². The van der Waals surface area contributed by atoms with E-state index in [9.17, 15) is 4.79 Å². The summed E-state index contributed by atoms with van der Waals surface area (Å²) < 4.78 is 4.75. The van der Waals surface area contributed by atoms with E-state index >= 15 is 0 Å². The van der Waals surface area contributed by atoms with Gasteiger partial charge in [0.1, 0.15) is 19.0 Å². The van der Waals surface area contributed by atoms with Crippen LogP contribution < -0.4 is 0 Å². The summed E-state index contributed by atoms with van der Waals surface area (Å²) in [5.41, 5.74) is 0. The fourth-order valence-electron chi connectivity index (χ4n) is 0.683. The second-order valence-electron chi connectivity index (χ2n) is 2.22. The molecular formula is C6H9N3O3. The van der Waals surface area contributed by atoms with Crippen molar-refractivity contribution in [1.29, 1.82) is 0 Å². The molecule has 66 valence electrons. The van der Waals surface area contributed by atoms with E-state index in [4.69, 9.17) is 9.84 Å². The number of aromatic nitrogens is 3. The molecule has 0 aliphatic heterocycles. The molecule has 0 aliphatic carbocycles. The van der Waals surface area contributed by atoms with E-state index in [1.165, 1.54) is 0 Å². The first-order valence-electron chi connectivity index (χ1n) is 3.36. The minimum Gasteiger partial charge on any atom is -0.480 e. The highest BCUT2D eigenvalue weighted by Gasteiger charge is 2.01. The van der Waals surface area contributed by atoms with Crippen LogP contribution in [0.2, 0.25) is 0 Å². The summed E-state index contributed by atoms with van der Waals surface area (Å²) >= 11 is 0. The molecule has 6 nitrogen and oxygen atoms in total. The van der Waals surface area contributed by atoms with E-state index in [0.29, 0.717) is 11.6 Å². The van der Waals surface area contributed by atoms with Crippen LogP contribution in [0, 0.1) is 6.92 Å². The van der Waals surface area contributed by atoms with Crippen molar-refractivity contribution in [3.63, 3.8) is 0 Å². The maximum Gasteiger partial charge on any atom is 0.329 e. The van der Waals surface area contributed by atoms with Gasteiger partial charge >= 0.3 is 5.97 Å². The lowest BCUT2D eigenvalue weighted by Gasteiger charge is -1.94. The number of aryl methyl sites for hydroxylation is 1. The molecule has 0 atom stereocenters. The number of nitrogens with one attached hydrogen (secondary N) is 1. The Balaban J connectivity index is 2.29. The van der Waals surface area contributed by atoms with Crippen molar-refractivity contribution in [1.82, 2.24) is 15.2 Å². The predicted molar refractivity (Wildman–Crippen MR) is 38.4 cm³/mol. The maximum absolute atomic E-state index is 10.0. The molecular weight excluding hydrogens is 162 g/mol. The molecule has 0 fully saturated rings. The topological polar surface area (TPSA) is 88.1 Å². The Morgan fingerprint density at radius 2 is 2.50 bits per heavy atom. The number of ether oxygens (including phenoxy) is 1. The Hall–Kier alpha value is -1.43. The quantitative estimate of drug-likeness (QED) is 0.650. The zero-order chi connectivity index (χ0) is 8.97. The predicted octanol–water partition coefficient (Wildman–Crippen LogP) is -0.286. The van der Waals surface area contributed by atoms with Gasteiger partial charge in [-0.3, -0.25) is 5.10 Å². The van der Waals surface area contributed by atoms with Gasteiger partial charge in [0.25, 0.3) is 0 Å². The summed E-state index contributed by atoms with van der Waals surface area (Å²) in [6.07, 6.45) is 0. The molecule has 1 aromatic rings. The van der Waals surface area contributed by atoms with Gasteiger partial charge in [0.2, 0.25) is 0 Å². The maximum atomic E-state index is 10.0. The highest BCUT2D eigenvalue weighted by Crippen LogP contribution is 1.92. The Morgan fingerprint density at radius 3 is 3.00 bits per heavy atom. The second kappa shape index (κ2) is 3.82. The summed E-state index contributed by atoms with van der Waals surface area (Å²) in [7, 11) is 0. The summed E-state index contributed by atoms with van der Waals surface area (Å²) in [5, 5.41) is 14.6. The van der Waals surface area contributed by atoms with Crippen LogP contribution in [0.3, 0.4) is 0 Å². The first kappa shape index (κ1) is 8.66. The molecule has 0 unspecified atom stereocenters. The van der Waals surface area contributed by atoms with Crippen LogP contribution in [0.1, 0.15) is 11.6 Å². The molecule has 0 aromatic carbocycles. The molecule has 2 N–H and O–H groups in total. The van der Waals surface area contributed by atoms with Crippen molar-refractivity contribution >= 4 is 5.97 Å². The Kier molecular flexibility index (Phi) is 2.76. The number of H-pyrrole nitrogens is 1. The molecule has 1 heterocycles. The van der Waals surface area contributed by atoms with Crippen molar-refractivity contribution in [2.75, 3.05) is 6.61 Å². The van der Waals surface area contributed by atoms with Gasteiger partial charge in [-0.2, -0.15) is 5.10 Å². The lowest BCUT2D eigenvalue weighted by Crippen LogP contribution is -2.07. The Morgan fingerprint density at radius 1 is 1.75 bits per heavy atom. The van der Waals surface area contributed by atoms with Gasteiger partial charge < -0.3 is 9.84 Å². The zero-order valence-electron chi connectivity index (χ0n) is 6.57. The molecule has 0 saturated carbocycles. The standard InChI is InChI=1S/C6H9N3O3/c1-4-7-5(9-8-4)2-12-3-6(10)11/h2-3H2,1H3,(H,10,11)(H,7,8,9). The fraction of sp³-hybridized carbons (Fsp3) is 0.500. The number of hydrogen-bond acceptors (Lipinski definition) is 4. The summed E-state index contributed by atoms with van der Waals surface area (Å²) in [6.45, 7) is 1.55. The van der Waals surface area contributed by atoms with Gasteiger partial charge in [-0.05, 0) is 6.92 Å². The van der Waals surface area contributed by atoms with Gasteiger partial charge in [0.15, 0.2) is 5.82 Å². The SMILES string of the molecule is Cc1nc(COCC(=O)O)n[nH]1. The van der Waals surface area contributed by atoms with Crippen molar-refractivity contribution in [3.8, 4) is 0 Å². The Labute approximate surface area is 68.6 Å². The number of hydrogen-bond donors (Lipinski definition) is 2. The zero-order valence-corrected chi connectivity index (χ0v) is 6.57. The van der Waals surface area contributed by atoms with Gasteiger partial charge in [-0.15, -0.1) is 0 Å². The molecule has 0 aliphatic rings. The normalized spacial score (nSPS) is 10.1. The first-order valence-corrected chi connectivity index (χ1v) is 3.36. The van der Waals surface area contributed by atoms with Crippen molar-refractivity contribution in [3.05, 3.63) is 11.6 Å². The van der Waals surface area contributed by atoms with Crippen LogP contribution in [-0.4, -0.2) is 32.9 Å². The summed E-state index contributed by atoms with van der Waals surface area (Å²) in [5.74, 6) is 0.153. The highest BCUT2D eigenvalue weighted by molar-refractivity contribution is 5.67. The molecule has 0 saturated heterocycles. The largest absolute Gasteiger partial charge is 0.480 e. The van der Waals surface area contributed by atoms with Gasteiger partial charge in [0.05, 0.1) is 0 Å². The lowest BCUT2D eigenvalue weighted by atomic mass is 10.6. The van der Waals surface area contributed by atoms with Crippen LogP contribution in [0.25, 0.3) is 0 Å². The van der Waals surface area contributed by atoms with Gasteiger partial charge in [0, 0.05) is 0 Å². The van der Waals surface area contributed by atoms with Crippen molar-refractivity contribution in [2.24, 2.45) is 0 Å². The third-order valence-corrected chi connectivity index (χ3v) is 1.10. The molecule has 1 aromatic heterocycles. The molecule has 12 heavy (non-hydrogen) atoms. The Bertz CT molecular complexity index is 271. The number of aliphatic carboxylic acids is 1. The third-order valence-electron chi connectivity index (χ3n) is 1.10. The van der Waals surface area contributed by atoms with Gasteiger partial charge in [-0.25, -0.2) is 9.78 Å². The molecule has 0 amide bonds. The molecule has 0 radical (unpaired) electrons. The molecule has 6 heteroatoms. The van der Waals surface area contributed by atoms with Crippen molar-refractivity contribution < 1.29 is 14.6 Å². The number of carbonyl (C=O) groups is 1. The second-order valence-corrected chi connectivity index (χ2v) is 2.22. The third kappa shape index (κ3) is 2.67. The monoisotopic (exact) mass is 171 g/mol. The minimum absolute atomic E-state index is 0.122. The number of carboxylic acids is 1. The van der Waals surface area contributed by atoms with E-state index in [2.05, 4.69) is 15.2 Å². The number of rotatable bonds is 4.